The summed E-state index contributed by atoms with van der Waals surface area (Å²) in [5, 5.41) is 2.27. The zero-order valence-corrected chi connectivity index (χ0v) is 28.2. The summed E-state index contributed by atoms with van der Waals surface area (Å²) in [7, 11) is 0. The number of hydrogen-bond acceptors (Lipinski definition) is 3. The summed E-state index contributed by atoms with van der Waals surface area (Å²) in [6.45, 7) is 4.76. The average molecular weight is 648 g/mol. The molecule has 0 radical (unpaired) electrons. The molecule has 0 saturated carbocycles. The van der Waals surface area contributed by atoms with Crippen LogP contribution in [0.2, 0.25) is 0 Å². The lowest BCUT2D eigenvalue weighted by Gasteiger charge is -2.45. The second-order valence-corrected chi connectivity index (χ2v) is 14.8. The van der Waals surface area contributed by atoms with Gasteiger partial charge in [-0.2, -0.15) is 0 Å². The number of para-hydroxylation sites is 2. The minimum atomic E-state index is -0.485. The third-order valence-corrected chi connectivity index (χ3v) is 11.9. The molecule has 0 unspecified atom stereocenters. The van der Waals surface area contributed by atoms with Crippen LogP contribution in [0.4, 0.5) is 17.1 Å². The molecule has 3 heteroatoms. The standard InChI is InChI=1S/C46H33NOS/c1-45(2)35-17-7-10-20-39(35)47(32-25-27-42-34(29-32)33-16-6-11-21-41(33)48-42)40-26-24-31(28-38(40)45)46(30-14-4-3-5-15-30)36-18-8-12-22-43(36)49-44-23-13-9-19-37(44)46/h3-29H,1-2H3. The number of fused-ring (bicyclic) bond motifs is 7. The van der Waals surface area contributed by atoms with Gasteiger partial charge in [-0.25, -0.2) is 0 Å². The van der Waals surface area contributed by atoms with E-state index in [-0.39, 0.29) is 5.41 Å². The minimum absolute atomic E-state index is 0.245. The van der Waals surface area contributed by atoms with E-state index in [1.807, 2.05) is 23.9 Å². The van der Waals surface area contributed by atoms with Gasteiger partial charge in [-0.1, -0.05) is 141 Å². The predicted octanol–water partition coefficient (Wildman–Crippen LogP) is 12.5. The van der Waals surface area contributed by atoms with E-state index in [2.05, 4.69) is 170 Å². The molecule has 1 aromatic heterocycles. The summed E-state index contributed by atoms with van der Waals surface area (Å²) >= 11 is 1.88. The third kappa shape index (κ3) is 3.97. The first-order chi connectivity index (χ1) is 24.0. The molecule has 7 aromatic carbocycles. The molecule has 0 atom stereocenters. The van der Waals surface area contributed by atoms with Gasteiger partial charge < -0.3 is 9.32 Å². The van der Waals surface area contributed by atoms with Gasteiger partial charge in [0, 0.05) is 31.7 Å². The highest BCUT2D eigenvalue weighted by atomic mass is 32.2. The van der Waals surface area contributed by atoms with Crippen molar-refractivity contribution in [2.24, 2.45) is 0 Å². The van der Waals surface area contributed by atoms with E-state index in [0.717, 1.165) is 27.6 Å². The van der Waals surface area contributed by atoms with Crippen LogP contribution in [0.5, 0.6) is 0 Å². The SMILES string of the molecule is CC1(C)c2ccccc2N(c2ccc3oc4ccccc4c3c2)c2ccc(C3(c4ccccc4)c4ccccc4Sc4ccccc43)cc21. The van der Waals surface area contributed by atoms with Gasteiger partial charge in [-0.05, 0) is 81.9 Å². The maximum absolute atomic E-state index is 6.24. The first kappa shape index (κ1) is 28.5. The highest BCUT2D eigenvalue weighted by molar-refractivity contribution is 7.99. The molecule has 0 spiro atoms. The monoisotopic (exact) mass is 647 g/mol. The topological polar surface area (TPSA) is 16.4 Å². The van der Waals surface area contributed by atoms with Crippen LogP contribution in [0.25, 0.3) is 21.9 Å². The van der Waals surface area contributed by atoms with Crippen LogP contribution in [0, 0.1) is 0 Å². The van der Waals surface area contributed by atoms with Crippen molar-refractivity contribution in [2.45, 2.75) is 34.5 Å². The summed E-state index contributed by atoms with van der Waals surface area (Å²) < 4.78 is 6.24. The van der Waals surface area contributed by atoms with Crippen LogP contribution >= 0.6 is 11.8 Å². The van der Waals surface area contributed by atoms with Crippen LogP contribution in [0.15, 0.2) is 178 Å². The number of hydrogen-bond donors (Lipinski definition) is 0. The molecule has 2 nitrogen and oxygen atoms in total. The van der Waals surface area contributed by atoms with Crippen molar-refractivity contribution in [3.8, 4) is 0 Å². The quantitative estimate of drug-likeness (QED) is 0.190. The number of rotatable bonds is 3. The molecule has 0 aliphatic carbocycles. The average Bonchev–Trinajstić information content (AvgIpc) is 3.52. The molecule has 2 aliphatic heterocycles. The predicted molar refractivity (Wildman–Crippen MR) is 203 cm³/mol. The zero-order chi connectivity index (χ0) is 32.7. The molecule has 2 aliphatic rings. The lowest BCUT2D eigenvalue weighted by molar-refractivity contribution is 0.625. The molecular weight excluding hydrogens is 615 g/mol. The second kappa shape index (κ2) is 10.5. The van der Waals surface area contributed by atoms with Gasteiger partial charge in [0.05, 0.1) is 16.8 Å². The Kier molecular flexibility index (Phi) is 6.10. The molecule has 0 fully saturated rings. The Morgan fingerprint density at radius 3 is 1.86 bits per heavy atom. The fourth-order valence-corrected chi connectivity index (χ4v) is 9.73. The van der Waals surface area contributed by atoms with Crippen LogP contribution in [-0.2, 0) is 10.8 Å². The van der Waals surface area contributed by atoms with Crippen molar-refractivity contribution in [3.63, 3.8) is 0 Å². The van der Waals surface area contributed by atoms with Crippen molar-refractivity contribution >= 4 is 50.8 Å². The number of furan rings is 1. The van der Waals surface area contributed by atoms with E-state index < -0.39 is 5.41 Å². The largest absolute Gasteiger partial charge is 0.456 e. The molecule has 0 amide bonds. The molecule has 0 N–H and O–H groups in total. The van der Waals surface area contributed by atoms with E-state index >= 15 is 0 Å². The molecule has 0 saturated heterocycles. The van der Waals surface area contributed by atoms with Gasteiger partial charge in [-0.3, -0.25) is 0 Å². The summed E-state index contributed by atoms with van der Waals surface area (Å²) in [4.78, 5) is 5.05. The summed E-state index contributed by atoms with van der Waals surface area (Å²) in [5.41, 5.74) is 12.5. The normalized spacial score (nSPS) is 15.3. The number of anilines is 3. The molecule has 49 heavy (non-hydrogen) atoms. The maximum atomic E-state index is 6.24. The summed E-state index contributed by atoms with van der Waals surface area (Å²) in [6.07, 6.45) is 0. The second-order valence-electron chi connectivity index (χ2n) is 13.7. The summed E-state index contributed by atoms with van der Waals surface area (Å²) in [6, 6.07) is 60.2. The van der Waals surface area contributed by atoms with Crippen LogP contribution < -0.4 is 4.90 Å². The zero-order valence-electron chi connectivity index (χ0n) is 27.4. The van der Waals surface area contributed by atoms with Crippen molar-refractivity contribution in [1.29, 1.82) is 0 Å². The van der Waals surface area contributed by atoms with Crippen LogP contribution in [0.1, 0.15) is 47.2 Å². The Morgan fingerprint density at radius 1 is 0.469 bits per heavy atom. The molecular formula is C46H33NOS. The van der Waals surface area contributed by atoms with Gasteiger partial charge >= 0.3 is 0 Å². The lowest BCUT2D eigenvalue weighted by Crippen LogP contribution is -2.36. The Balaban J connectivity index is 1.27. The summed E-state index contributed by atoms with van der Waals surface area (Å²) in [5.74, 6) is 0. The van der Waals surface area contributed by atoms with Gasteiger partial charge in [0.25, 0.3) is 0 Å². The van der Waals surface area contributed by atoms with Crippen molar-refractivity contribution < 1.29 is 4.42 Å². The lowest BCUT2D eigenvalue weighted by atomic mass is 9.63. The van der Waals surface area contributed by atoms with Gasteiger partial charge in [0.1, 0.15) is 11.2 Å². The van der Waals surface area contributed by atoms with E-state index in [9.17, 15) is 0 Å². The van der Waals surface area contributed by atoms with Crippen molar-refractivity contribution in [1.82, 2.24) is 0 Å². The minimum Gasteiger partial charge on any atom is -0.456 e. The molecule has 234 valence electrons. The van der Waals surface area contributed by atoms with Gasteiger partial charge in [0.15, 0.2) is 0 Å². The van der Waals surface area contributed by atoms with Crippen LogP contribution in [-0.4, -0.2) is 0 Å². The Bertz CT molecular complexity index is 2530. The molecule has 0 bridgehead atoms. The van der Waals surface area contributed by atoms with Gasteiger partial charge in [0.2, 0.25) is 0 Å². The van der Waals surface area contributed by atoms with Crippen LogP contribution in [0.3, 0.4) is 0 Å². The molecule has 3 heterocycles. The van der Waals surface area contributed by atoms with Crippen molar-refractivity contribution in [3.05, 3.63) is 197 Å². The highest BCUT2D eigenvalue weighted by Gasteiger charge is 2.46. The number of nitrogens with zero attached hydrogens (tertiary/aromatic N) is 1. The van der Waals surface area contributed by atoms with E-state index in [0.29, 0.717) is 0 Å². The van der Waals surface area contributed by atoms with Gasteiger partial charge in [-0.15, -0.1) is 0 Å². The number of benzene rings is 7. The van der Waals surface area contributed by atoms with E-state index in [1.54, 1.807) is 0 Å². The Morgan fingerprint density at radius 2 is 1.08 bits per heavy atom. The third-order valence-electron chi connectivity index (χ3n) is 10.8. The first-order valence-corrected chi connectivity index (χ1v) is 17.7. The highest BCUT2D eigenvalue weighted by Crippen LogP contribution is 2.58. The molecule has 10 rings (SSSR count). The van der Waals surface area contributed by atoms with E-state index in [4.69, 9.17) is 4.42 Å². The Hall–Kier alpha value is -5.51. The van der Waals surface area contributed by atoms with Crippen molar-refractivity contribution in [2.75, 3.05) is 4.90 Å². The van der Waals surface area contributed by atoms with E-state index in [1.165, 1.54) is 54.5 Å². The maximum Gasteiger partial charge on any atom is 0.135 e. The fraction of sp³-hybridized carbons (Fsp3) is 0.0870. The first-order valence-electron chi connectivity index (χ1n) is 16.9. The smallest absolute Gasteiger partial charge is 0.135 e. The Labute approximate surface area is 290 Å². The molecule has 8 aromatic rings. The fourth-order valence-electron chi connectivity index (χ4n) is 8.54.